The Hall–Kier alpha value is 0. The summed E-state index contributed by atoms with van der Waals surface area (Å²) in [7, 11) is 0. The molecule has 0 fully saturated rings. The number of hydrogen-bond acceptors (Lipinski definition) is 0. The van der Waals surface area contributed by atoms with Crippen LogP contribution < -0.4 is 0 Å². The second-order valence-electron chi connectivity index (χ2n) is 10.9. The molecular weight excluding hydrogens is 264 g/mol. The molecule has 0 heterocycles. The van der Waals surface area contributed by atoms with Crippen LogP contribution in [-0.4, -0.2) is 0 Å². The zero-order valence-electron chi connectivity index (χ0n) is 17.7. The van der Waals surface area contributed by atoms with Gasteiger partial charge in [0.1, 0.15) is 0 Å². The summed E-state index contributed by atoms with van der Waals surface area (Å²) in [6, 6.07) is 0. The third-order valence-electron chi connectivity index (χ3n) is 6.35. The lowest BCUT2D eigenvalue weighted by Crippen LogP contribution is -2.22. The van der Waals surface area contributed by atoms with Crippen LogP contribution in [0.15, 0.2) is 0 Å². The standard InChI is InChI=1S/C22H46/c1-11-19(3,4)13-15-21(7,8)17-18-22(9,10)16-14-20(5,6)12-2/h11-18H2,1-10H3. The van der Waals surface area contributed by atoms with Crippen LogP contribution in [0.5, 0.6) is 0 Å². The first kappa shape index (κ1) is 22.0. The van der Waals surface area contributed by atoms with Gasteiger partial charge in [-0.1, -0.05) is 82.1 Å². The summed E-state index contributed by atoms with van der Waals surface area (Å²) >= 11 is 0. The molecule has 0 aliphatic heterocycles. The fraction of sp³-hybridized carbons (Fsp3) is 1.00. The number of rotatable bonds is 11. The van der Waals surface area contributed by atoms with Crippen molar-refractivity contribution in [3.05, 3.63) is 0 Å². The van der Waals surface area contributed by atoms with E-state index < -0.39 is 0 Å². The molecule has 134 valence electrons. The molecule has 0 atom stereocenters. The van der Waals surface area contributed by atoms with Crippen LogP contribution in [0.3, 0.4) is 0 Å². The van der Waals surface area contributed by atoms with Crippen molar-refractivity contribution < 1.29 is 0 Å². The first-order chi connectivity index (χ1) is 9.74. The van der Waals surface area contributed by atoms with Crippen molar-refractivity contribution in [3.8, 4) is 0 Å². The second kappa shape index (κ2) is 8.20. The van der Waals surface area contributed by atoms with Crippen molar-refractivity contribution in [2.24, 2.45) is 21.7 Å². The Morgan fingerprint density at radius 2 is 0.545 bits per heavy atom. The summed E-state index contributed by atoms with van der Waals surface area (Å²) in [5.41, 5.74) is 2.00. The van der Waals surface area contributed by atoms with E-state index in [-0.39, 0.29) is 0 Å². The summed E-state index contributed by atoms with van der Waals surface area (Å²) in [6.45, 7) is 24.2. The monoisotopic (exact) mass is 310 g/mol. The Bertz CT molecular complexity index is 272. The third kappa shape index (κ3) is 9.90. The molecule has 0 aromatic heterocycles. The molecule has 0 radical (unpaired) electrons. The van der Waals surface area contributed by atoms with Gasteiger partial charge in [-0.2, -0.15) is 0 Å². The lowest BCUT2D eigenvalue weighted by molar-refractivity contribution is 0.168. The van der Waals surface area contributed by atoms with Crippen molar-refractivity contribution in [2.45, 2.75) is 121 Å². The maximum atomic E-state index is 2.48. The Labute approximate surface area is 142 Å². The van der Waals surface area contributed by atoms with Crippen LogP contribution in [0.4, 0.5) is 0 Å². The largest absolute Gasteiger partial charge is 0.0649 e. The summed E-state index contributed by atoms with van der Waals surface area (Å²) in [4.78, 5) is 0. The zero-order chi connectivity index (χ0) is 17.7. The van der Waals surface area contributed by atoms with Crippen molar-refractivity contribution in [1.29, 1.82) is 0 Å². The first-order valence-corrected chi connectivity index (χ1v) is 9.74. The van der Waals surface area contributed by atoms with Gasteiger partial charge in [0, 0.05) is 0 Å². The predicted molar refractivity (Wildman–Crippen MR) is 103 cm³/mol. The molecular formula is C22H46. The zero-order valence-corrected chi connectivity index (χ0v) is 17.7. The fourth-order valence-electron chi connectivity index (χ4n) is 2.63. The van der Waals surface area contributed by atoms with E-state index in [1.165, 1.54) is 51.4 Å². The molecule has 0 rings (SSSR count). The van der Waals surface area contributed by atoms with Crippen molar-refractivity contribution >= 4 is 0 Å². The Morgan fingerprint density at radius 1 is 0.364 bits per heavy atom. The Kier molecular flexibility index (Phi) is 8.20. The molecule has 0 aliphatic rings. The normalized spacial score (nSPS) is 14.5. The molecule has 0 aromatic rings. The summed E-state index contributed by atoms with van der Waals surface area (Å²) < 4.78 is 0. The van der Waals surface area contributed by atoms with Gasteiger partial charge in [-0.05, 0) is 60.2 Å². The Morgan fingerprint density at radius 3 is 0.727 bits per heavy atom. The minimum absolute atomic E-state index is 0.490. The molecule has 0 aliphatic carbocycles. The Balaban J connectivity index is 4.32. The van der Waals surface area contributed by atoms with E-state index in [4.69, 9.17) is 0 Å². The molecule has 0 N–H and O–H groups in total. The average molecular weight is 311 g/mol. The van der Waals surface area contributed by atoms with E-state index in [9.17, 15) is 0 Å². The van der Waals surface area contributed by atoms with Gasteiger partial charge in [0.25, 0.3) is 0 Å². The van der Waals surface area contributed by atoms with Crippen LogP contribution in [0, 0.1) is 21.7 Å². The highest BCUT2D eigenvalue weighted by Gasteiger charge is 2.28. The van der Waals surface area contributed by atoms with Crippen LogP contribution in [-0.2, 0) is 0 Å². The molecule has 0 aromatic carbocycles. The van der Waals surface area contributed by atoms with E-state index in [1.54, 1.807) is 0 Å². The lowest BCUT2D eigenvalue weighted by Gasteiger charge is -2.35. The van der Waals surface area contributed by atoms with E-state index in [0.29, 0.717) is 21.7 Å². The average Bonchev–Trinajstić information content (AvgIpc) is 2.42. The minimum atomic E-state index is 0.490. The predicted octanol–water partition coefficient (Wildman–Crippen LogP) is 8.25. The molecule has 0 bridgehead atoms. The molecule has 0 heteroatoms. The highest BCUT2D eigenvalue weighted by Crippen LogP contribution is 2.41. The van der Waals surface area contributed by atoms with E-state index in [1.807, 2.05) is 0 Å². The fourth-order valence-corrected chi connectivity index (χ4v) is 2.63. The summed E-state index contributed by atoms with van der Waals surface area (Å²) in [5, 5.41) is 0. The molecule has 0 amide bonds. The molecule has 22 heavy (non-hydrogen) atoms. The molecule has 0 saturated heterocycles. The van der Waals surface area contributed by atoms with Crippen LogP contribution >= 0.6 is 0 Å². The van der Waals surface area contributed by atoms with Crippen molar-refractivity contribution in [2.75, 3.05) is 0 Å². The molecule has 0 saturated carbocycles. The maximum Gasteiger partial charge on any atom is -0.0354 e. The van der Waals surface area contributed by atoms with Gasteiger partial charge < -0.3 is 0 Å². The summed E-state index contributed by atoms with van der Waals surface area (Å²) in [6.07, 6.45) is 10.8. The van der Waals surface area contributed by atoms with Gasteiger partial charge in [0.15, 0.2) is 0 Å². The highest BCUT2D eigenvalue weighted by atomic mass is 14.3. The first-order valence-electron chi connectivity index (χ1n) is 9.74. The van der Waals surface area contributed by atoms with Gasteiger partial charge in [0.05, 0.1) is 0 Å². The van der Waals surface area contributed by atoms with Gasteiger partial charge in [-0.25, -0.2) is 0 Å². The van der Waals surface area contributed by atoms with Gasteiger partial charge in [-0.15, -0.1) is 0 Å². The van der Waals surface area contributed by atoms with E-state index in [0.717, 1.165) is 0 Å². The molecule has 0 spiro atoms. The van der Waals surface area contributed by atoms with E-state index >= 15 is 0 Å². The third-order valence-corrected chi connectivity index (χ3v) is 6.35. The summed E-state index contributed by atoms with van der Waals surface area (Å²) in [5.74, 6) is 0. The van der Waals surface area contributed by atoms with Crippen molar-refractivity contribution in [3.63, 3.8) is 0 Å². The van der Waals surface area contributed by atoms with Gasteiger partial charge in [0.2, 0.25) is 0 Å². The number of hydrogen-bond donors (Lipinski definition) is 0. The lowest BCUT2D eigenvalue weighted by atomic mass is 9.70. The van der Waals surface area contributed by atoms with Crippen LogP contribution in [0.25, 0.3) is 0 Å². The van der Waals surface area contributed by atoms with Crippen LogP contribution in [0.1, 0.15) is 121 Å². The van der Waals surface area contributed by atoms with E-state index in [2.05, 4.69) is 69.2 Å². The highest BCUT2D eigenvalue weighted by molar-refractivity contribution is 4.80. The van der Waals surface area contributed by atoms with Crippen LogP contribution in [0.2, 0.25) is 0 Å². The minimum Gasteiger partial charge on any atom is -0.0649 e. The molecule has 0 unspecified atom stereocenters. The SMILES string of the molecule is CCC(C)(C)CCC(C)(C)CCC(C)(C)CCC(C)(C)CC. The maximum absolute atomic E-state index is 2.48. The van der Waals surface area contributed by atoms with Gasteiger partial charge in [-0.3, -0.25) is 0 Å². The smallest absolute Gasteiger partial charge is 0.0354 e. The second-order valence-corrected chi connectivity index (χ2v) is 10.9. The quantitative estimate of drug-likeness (QED) is 0.360. The molecule has 0 nitrogen and oxygen atoms in total. The van der Waals surface area contributed by atoms with Gasteiger partial charge >= 0.3 is 0 Å². The van der Waals surface area contributed by atoms with Crippen molar-refractivity contribution in [1.82, 2.24) is 0 Å². The topological polar surface area (TPSA) is 0 Å².